The fourth-order valence-corrected chi connectivity index (χ4v) is 1.93. The van der Waals surface area contributed by atoms with E-state index in [1.54, 1.807) is 6.07 Å². The van der Waals surface area contributed by atoms with Crippen LogP contribution in [0.25, 0.3) is 11.1 Å². The zero-order chi connectivity index (χ0) is 13.5. The first-order valence-corrected chi connectivity index (χ1v) is 6.02. The molecule has 3 rings (SSSR count). The zero-order valence-corrected chi connectivity index (χ0v) is 10.1. The first kappa shape index (κ1) is 11.9. The Hall–Kier alpha value is -2.15. The molecule has 7 heteroatoms. The third-order valence-electron chi connectivity index (χ3n) is 3.49. The molecule has 1 fully saturated rings. The smallest absolute Gasteiger partial charge is 0.295 e. The van der Waals surface area contributed by atoms with Gasteiger partial charge in [0, 0.05) is 18.0 Å². The number of nitro groups is 1. The van der Waals surface area contributed by atoms with Crippen LogP contribution in [0, 0.1) is 15.5 Å². The Morgan fingerprint density at radius 1 is 1.53 bits per heavy atom. The van der Waals surface area contributed by atoms with Gasteiger partial charge in [0.1, 0.15) is 5.52 Å². The van der Waals surface area contributed by atoms with Crippen LogP contribution in [0.15, 0.2) is 22.6 Å². The van der Waals surface area contributed by atoms with Gasteiger partial charge >= 0.3 is 0 Å². The minimum absolute atomic E-state index is 0.0239. The number of nitrogens with zero attached hydrogens (tertiary/aromatic N) is 2. The van der Waals surface area contributed by atoms with Crippen LogP contribution < -0.4 is 5.32 Å². The number of nitrogens with one attached hydrogen (secondary N) is 1. The Balaban J connectivity index is 1.79. The van der Waals surface area contributed by atoms with Crippen LogP contribution in [0.1, 0.15) is 12.8 Å². The van der Waals surface area contributed by atoms with Crippen LogP contribution in [0.4, 0.5) is 11.7 Å². The summed E-state index contributed by atoms with van der Waals surface area (Å²) in [6, 6.07) is 4.63. The lowest BCUT2D eigenvalue weighted by atomic mass is 10.1. The number of hydrogen-bond donors (Lipinski definition) is 2. The Bertz CT molecular complexity index is 633. The molecule has 2 aromatic rings. The van der Waals surface area contributed by atoms with E-state index >= 15 is 0 Å². The molecule has 0 amide bonds. The number of fused-ring (bicyclic) bond motifs is 1. The van der Waals surface area contributed by atoms with Crippen molar-refractivity contribution >= 4 is 22.8 Å². The number of anilines is 1. The minimum atomic E-state index is -0.472. The van der Waals surface area contributed by atoms with Gasteiger partial charge in [0.25, 0.3) is 11.7 Å². The lowest BCUT2D eigenvalue weighted by molar-refractivity contribution is -0.384. The molecule has 1 saturated carbocycles. The van der Waals surface area contributed by atoms with Gasteiger partial charge in [-0.3, -0.25) is 10.1 Å². The minimum Gasteiger partial charge on any atom is -0.423 e. The highest BCUT2D eigenvalue weighted by Gasteiger charge is 2.42. The summed E-state index contributed by atoms with van der Waals surface area (Å²) in [6.45, 7) is 0.740. The molecule has 0 spiro atoms. The van der Waals surface area contributed by atoms with Crippen LogP contribution in [-0.2, 0) is 0 Å². The van der Waals surface area contributed by atoms with Crippen molar-refractivity contribution in [1.82, 2.24) is 4.98 Å². The molecule has 0 saturated heterocycles. The highest BCUT2D eigenvalue weighted by Crippen LogP contribution is 2.44. The second kappa shape index (κ2) is 4.20. The summed E-state index contributed by atoms with van der Waals surface area (Å²) >= 11 is 0. The number of rotatable bonds is 5. The molecule has 1 heterocycles. The van der Waals surface area contributed by atoms with E-state index in [1.165, 1.54) is 12.1 Å². The van der Waals surface area contributed by atoms with Gasteiger partial charge in [0.2, 0.25) is 0 Å². The van der Waals surface area contributed by atoms with Gasteiger partial charge in [0.15, 0.2) is 5.58 Å². The van der Waals surface area contributed by atoms with Gasteiger partial charge in [0.05, 0.1) is 17.6 Å². The fraction of sp³-hybridized carbons (Fsp3) is 0.417. The van der Waals surface area contributed by atoms with Gasteiger partial charge < -0.3 is 14.8 Å². The maximum absolute atomic E-state index is 10.7. The topological polar surface area (TPSA) is 101 Å². The fourth-order valence-electron chi connectivity index (χ4n) is 1.93. The Morgan fingerprint density at radius 3 is 2.95 bits per heavy atom. The number of benzene rings is 1. The van der Waals surface area contributed by atoms with Gasteiger partial charge in [-0.25, -0.2) is 0 Å². The van der Waals surface area contributed by atoms with Gasteiger partial charge in [-0.05, 0) is 18.9 Å². The number of aromatic nitrogens is 1. The van der Waals surface area contributed by atoms with Crippen LogP contribution in [-0.4, -0.2) is 28.2 Å². The van der Waals surface area contributed by atoms with Gasteiger partial charge in [-0.1, -0.05) is 0 Å². The van der Waals surface area contributed by atoms with Crippen LogP contribution >= 0.6 is 0 Å². The lowest BCUT2D eigenvalue weighted by Crippen LogP contribution is -2.19. The monoisotopic (exact) mass is 263 g/mol. The van der Waals surface area contributed by atoms with E-state index in [1.807, 2.05) is 0 Å². The van der Waals surface area contributed by atoms with E-state index in [2.05, 4.69) is 10.3 Å². The summed E-state index contributed by atoms with van der Waals surface area (Å²) in [4.78, 5) is 14.4. The molecule has 100 valence electrons. The molecule has 0 unspecified atom stereocenters. The Morgan fingerprint density at radius 2 is 2.32 bits per heavy atom. The molecule has 1 aromatic heterocycles. The predicted molar refractivity (Wildman–Crippen MR) is 67.9 cm³/mol. The number of oxazole rings is 1. The van der Waals surface area contributed by atoms with Crippen molar-refractivity contribution in [2.75, 3.05) is 18.5 Å². The first-order valence-electron chi connectivity index (χ1n) is 6.02. The van der Waals surface area contributed by atoms with E-state index in [9.17, 15) is 15.2 Å². The number of aliphatic hydroxyl groups excluding tert-OH is 1. The van der Waals surface area contributed by atoms with Crippen molar-refractivity contribution in [3.8, 4) is 0 Å². The van der Waals surface area contributed by atoms with E-state index in [0.717, 1.165) is 12.8 Å². The average Bonchev–Trinajstić information content (AvgIpc) is 3.07. The molecule has 1 aliphatic rings. The molecule has 1 aliphatic carbocycles. The Labute approximate surface area is 108 Å². The van der Waals surface area contributed by atoms with Crippen LogP contribution in [0.3, 0.4) is 0 Å². The summed E-state index contributed by atoms with van der Waals surface area (Å²) in [6.07, 6.45) is 1.98. The van der Waals surface area contributed by atoms with Crippen molar-refractivity contribution < 1.29 is 14.4 Å². The molecule has 0 bridgehead atoms. The summed E-state index contributed by atoms with van der Waals surface area (Å²) in [5.74, 6) is 0. The normalized spacial score (nSPS) is 16.5. The molecule has 2 N–H and O–H groups in total. The first-order chi connectivity index (χ1) is 9.12. The Kier molecular flexibility index (Phi) is 2.63. The van der Waals surface area contributed by atoms with Crippen molar-refractivity contribution in [2.45, 2.75) is 12.8 Å². The van der Waals surface area contributed by atoms with Gasteiger partial charge in [-0.2, -0.15) is 4.98 Å². The van der Waals surface area contributed by atoms with Crippen LogP contribution in [0.2, 0.25) is 0 Å². The summed E-state index contributed by atoms with van der Waals surface area (Å²) in [7, 11) is 0. The highest BCUT2D eigenvalue weighted by molar-refractivity contribution is 5.77. The third kappa shape index (κ3) is 2.24. The van der Waals surface area contributed by atoms with E-state index in [0.29, 0.717) is 23.7 Å². The summed E-state index contributed by atoms with van der Waals surface area (Å²) < 4.78 is 5.42. The van der Waals surface area contributed by atoms with Gasteiger partial charge in [-0.15, -0.1) is 0 Å². The SMILES string of the molecule is O=[N+]([O-])c1ccc2nc(NCC3(CO)CC3)oc2c1. The van der Waals surface area contributed by atoms with E-state index < -0.39 is 4.92 Å². The second-order valence-corrected chi connectivity index (χ2v) is 4.94. The average molecular weight is 263 g/mol. The third-order valence-corrected chi connectivity index (χ3v) is 3.49. The van der Waals surface area contributed by atoms with Crippen molar-refractivity contribution in [1.29, 1.82) is 0 Å². The maximum atomic E-state index is 10.7. The zero-order valence-electron chi connectivity index (χ0n) is 10.1. The number of hydrogen-bond acceptors (Lipinski definition) is 6. The van der Waals surface area contributed by atoms with E-state index in [4.69, 9.17) is 4.42 Å². The van der Waals surface area contributed by atoms with Crippen molar-refractivity contribution in [3.05, 3.63) is 28.3 Å². The standard InChI is InChI=1S/C12H13N3O4/c16-7-12(3-4-12)6-13-11-14-9-2-1-8(15(17)18)5-10(9)19-11/h1-2,5,16H,3-4,6-7H2,(H,13,14). The molecular weight excluding hydrogens is 250 g/mol. The number of aliphatic hydroxyl groups is 1. The molecule has 0 radical (unpaired) electrons. The van der Waals surface area contributed by atoms with Crippen molar-refractivity contribution in [3.63, 3.8) is 0 Å². The largest absolute Gasteiger partial charge is 0.423 e. The van der Waals surface area contributed by atoms with Crippen LogP contribution in [0.5, 0.6) is 0 Å². The number of nitro benzene ring substituents is 1. The van der Waals surface area contributed by atoms with E-state index in [-0.39, 0.29) is 17.7 Å². The molecule has 0 aliphatic heterocycles. The highest BCUT2D eigenvalue weighted by atomic mass is 16.6. The summed E-state index contributed by atoms with van der Waals surface area (Å²) in [5, 5.41) is 22.9. The molecule has 1 aromatic carbocycles. The molecular formula is C12H13N3O4. The second-order valence-electron chi connectivity index (χ2n) is 4.94. The lowest BCUT2D eigenvalue weighted by Gasteiger charge is -2.10. The molecule has 0 atom stereocenters. The number of non-ortho nitro benzene ring substituents is 1. The molecule has 19 heavy (non-hydrogen) atoms. The quantitative estimate of drug-likeness (QED) is 0.631. The summed E-state index contributed by atoms with van der Waals surface area (Å²) in [5.41, 5.74) is 0.879. The van der Waals surface area contributed by atoms with Crippen molar-refractivity contribution in [2.24, 2.45) is 5.41 Å². The maximum Gasteiger partial charge on any atom is 0.295 e. The molecule has 7 nitrogen and oxygen atoms in total. The predicted octanol–water partition coefficient (Wildman–Crippen LogP) is 1.92.